The van der Waals surface area contributed by atoms with Gasteiger partial charge in [-0.05, 0) is 42.0 Å². The lowest BCUT2D eigenvalue weighted by atomic mass is 9.95. The maximum atomic E-state index is 13.9. The van der Waals surface area contributed by atoms with Crippen LogP contribution in [0.25, 0.3) is 16.8 Å². The van der Waals surface area contributed by atoms with Crippen molar-refractivity contribution in [3.63, 3.8) is 0 Å². The van der Waals surface area contributed by atoms with Gasteiger partial charge in [-0.15, -0.1) is 0 Å². The molecule has 41 heavy (non-hydrogen) atoms. The number of alkyl halides is 2. The minimum atomic E-state index is -2.75. The number of hydrogen-bond acceptors (Lipinski definition) is 8. The molecule has 11 nitrogen and oxygen atoms in total. The van der Waals surface area contributed by atoms with Gasteiger partial charge in [0.15, 0.2) is 12.0 Å². The van der Waals surface area contributed by atoms with E-state index in [0.29, 0.717) is 32.6 Å². The predicted molar refractivity (Wildman–Crippen MR) is 149 cm³/mol. The Kier molecular flexibility index (Phi) is 7.03. The highest BCUT2D eigenvalue weighted by atomic mass is 19.3. The lowest BCUT2D eigenvalue weighted by Crippen LogP contribution is -2.48. The zero-order chi connectivity index (χ0) is 29.5. The molecule has 0 spiro atoms. The van der Waals surface area contributed by atoms with Crippen molar-refractivity contribution in [2.24, 2.45) is 21.5 Å². The number of nitrogens with two attached hydrogens (primary N) is 2. The van der Waals surface area contributed by atoms with Crippen molar-refractivity contribution in [1.29, 1.82) is 0 Å². The fourth-order valence-electron chi connectivity index (χ4n) is 5.23. The molecule has 3 aromatic rings. The number of amides is 2. The first kappa shape index (κ1) is 27.5. The van der Waals surface area contributed by atoms with Crippen LogP contribution in [0, 0.1) is 6.92 Å². The molecule has 1 saturated carbocycles. The van der Waals surface area contributed by atoms with Crippen LogP contribution in [-0.2, 0) is 15.1 Å². The molecule has 1 aliphatic heterocycles. The number of ether oxygens (including phenoxy) is 1. The Morgan fingerprint density at radius 2 is 2.00 bits per heavy atom. The number of carbonyl (C=O) groups is 2. The second kappa shape index (κ2) is 10.5. The van der Waals surface area contributed by atoms with Crippen molar-refractivity contribution in [3.05, 3.63) is 83.3 Å². The second-order valence-corrected chi connectivity index (χ2v) is 9.73. The first-order valence-corrected chi connectivity index (χ1v) is 12.6. The molecule has 3 atom stereocenters. The number of aryl methyl sites for hydroxylation is 1. The van der Waals surface area contributed by atoms with E-state index in [1.807, 2.05) is 25.1 Å². The van der Waals surface area contributed by atoms with Crippen molar-refractivity contribution in [2.75, 3.05) is 7.05 Å². The normalized spacial score (nSPS) is 22.1. The van der Waals surface area contributed by atoms with Gasteiger partial charge in [0.05, 0.1) is 11.9 Å². The third-order valence-corrected chi connectivity index (χ3v) is 7.30. The molecular formula is C28H28F2N8O3. The van der Waals surface area contributed by atoms with Crippen molar-refractivity contribution in [3.8, 4) is 11.1 Å². The zero-order valence-electron chi connectivity index (χ0n) is 22.3. The minimum absolute atomic E-state index is 0.0344. The van der Waals surface area contributed by atoms with Gasteiger partial charge >= 0.3 is 12.6 Å². The van der Waals surface area contributed by atoms with Crippen LogP contribution in [0.3, 0.4) is 0 Å². The fraction of sp³-hybridized carbons (Fsp3) is 0.250. The lowest BCUT2D eigenvalue weighted by molar-refractivity contribution is -0.130. The standard InChI is InChI=1S/C28H28F2N8O3/c1-15-4-9-19(10-20(15)21(34-3)13-33-2)28(11-22(28)41-27(32)40)38-24(39)23(36-26(38)31)17-7-5-16(6-8-17)18-12-35-37(14-18)25(29)30/h4-10,12-14,22-23,25,33H,3,11H2,1-2H3,(H2,31,36)(H2,32,40)/b21-13-/t22?,23-,28?/m1/s1. The highest BCUT2D eigenvalue weighted by molar-refractivity contribution is 6.06. The number of rotatable bonds is 9. The van der Waals surface area contributed by atoms with E-state index in [4.69, 9.17) is 16.2 Å². The number of primary amides is 1. The molecule has 2 aromatic carbocycles. The SMILES string of the molecule is C=N/C(=C\NC)c1cc(C2(N3C(=O)[C@@H](c4ccc(-c5cnn(C(F)F)c5)cc4)N=C3N)CC2OC(N)=O)ccc1C. The lowest BCUT2D eigenvalue weighted by Gasteiger charge is -2.30. The summed E-state index contributed by atoms with van der Waals surface area (Å²) in [5.74, 6) is -0.445. The van der Waals surface area contributed by atoms with Crippen molar-refractivity contribution < 1.29 is 23.1 Å². The third kappa shape index (κ3) is 4.79. The Morgan fingerprint density at radius 1 is 1.27 bits per heavy atom. The number of hydrogen-bond donors (Lipinski definition) is 3. The average molecular weight is 563 g/mol. The molecule has 2 unspecified atom stereocenters. The number of aromatic nitrogens is 2. The maximum absolute atomic E-state index is 13.9. The summed E-state index contributed by atoms with van der Waals surface area (Å²) < 4.78 is 31.8. The number of carbonyl (C=O) groups excluding carboxylic acids is 2. The molecule has 1 fully saturated rings. The number of nitrogens with one attached hydrogen (secondary N) is 1. The van der Waals surface area contributed by atoms with Crippen molar-refractivity contribution in [2.45, 2.75) is 37.6 Å². The van der Waals surface area contributed by atoms with Crippen LogP contribution in [0.4, 0.5) is 13.6 Å². The Balaban J connectivity index is 1.49. The molecule has 1 aliphatic carbocycles. The maximum Gasteiger partial charge on any atom is 0.404 e. The predicted octanol–water partition coefficient (Wildman–Crippen LogP) is 3.43. The van der Waals surface area contributed by atoms with E-state index in [1.54, 1.807) is 37.5 Å². The molecule has 0 saturated heterocycles. The average Bonchev–Trinajstić information content (AvgIpc) is 3.27. The Bertz CT molecular complexity index is 1580. The van der Waals surface area contributed by atoms with Crippen molar-refractivity contribution in [1.82, 2.24) is 20.0 Å². The smallest absolute Gasteiger partial charge is 0.404 e. The molecule has 0 radical (unpaired) electrons. The summed E-state index contributed by atoms with van der Waals surface area (Å²) in [6, 6.07) is 11.4. The first-order valence-electron chi connectivity index (χ1n) is 12.6. The molecule has 2 aliphatic rings. The molecular weight excluding hydrogens is 534 g/mol. The molecule has 212 valence electrons. The van der Waals surface area contributed by atoms with Gasteiger partial charge in [-0.2, -0.15) is 13.9 Å². The van der Waals surface area contributed by atoms with Gasteiger partial charge in [-0.25, -0.2) is 14.5 Å². The van der Waals surface area contributed by atoms with Crippen LogP contribution < -0.4 is 16.8 Å². The summed E-state index contributed by atoms with van der Waals surface area (Å²) >= 11 is 0. The monoisotopic (exact) mass is 562 g/mol. The molecule has 0 bridgehead atoms. The van der Waals surface area contributed by atoms with Crippen LogP contribution in [0.2, 0.25) is 0 Å². The number of guanidine groups is 1. The molecule has 1 aromatic heterocycles. The van der Waals surface area contributed by atoms with Crippen molar-refractivity contribution >= 4 is 30.4 Å². The van der Waals surface area contributed by atoms with Gasteiger partial charge < -0.3 is 21.5 Å². The zero-order valence-corrected chi connectivity index (χ0v) is 22.3. The van der Waals surface area contributed by atoms with Crippen LogP contribution in [0.15, 0.2) is 71.0 Å². The van der Waals surface area contributed by atoms with E-state index in [2.05, 4.69) is 27.1 Å². The molecule has 2 heterocycles. The van der Waals surface area contributed by atoms with E-state index in [9.17, 15) is 18.4 Å². The summed E-state index contributed by atoms with van der Waals surface area (Å²) in [7, 11) is 1.74. The highest BCUT2D eigenvalue weighted by Crippen LogP contribution is 2.55. The summed E-state index contributed by atoms with van der Waals surface area (Å²) in [4.78, 5) is 35.6. The Morgan fingerprint density at radius 3 is 2.61 bits per heavy atom. The van der Waals surface area contributed by atoms with Gasteiger partial charge in [-0.1, -0.05) is 36.4 Å². The summed E-state index contributed by atoms with van der Waals surface area (Å²) in [6.45, 7) is 2.82. The van der Waals surface area contributed by atoms with Gasteiger partial charge in [0.25, 0.3) is 5.91 Å². The number of halogens is 2. The quantitative estimate of drug-likeness (QED) is 0.340. The van der Waals surface area contributed by atoms with E-state index in [0.717, 1.165) is 11.1 Å². The van der Waals surface area contributed by atoms with Crippen LogP contribution in [0.5, 0.6) is 0 Å². The van der Waals surface area contributed by atoms with Gasteiger partial charge in [-0.3, -0.25) is 14.7 Å². The topological polar surface area (TPSA) is 153 Å². The molecule has 13 heteroatoms. The van der Waals surface area contributed by atoms with E-state index in [1.165, 1.54) is 17.3 Å². The highest BCUT2D eigenvalue weighted by Gasteiger charge is 2.66. The Labute approximate surface area is 234 Å². The van der Waals surface area contributed by atoms with E-state index in [-0.39, 0.29) is 12.4 Å². The number of benzene rings is 2. The summed E-state index contributed by atoms with van der Waals surface area (Å²) in [5, 5.41) is 6.60. The number of nitrogens with zero attached hydrogens (tertiary/aromatic N) is 5. The number of aliphatic imine (C=N–C) groups is 2. The van der Waals surface area contributed by atoms with Gasteiger partial charge in [0.1, 0.15) is 11.6 Å². The molecule has 2 amide bonds. The Hall–Kier alpha value is -5.07. The minimum Gasteiger partial charge on any atom is -0.443 e. The fourth-order valence-corrected chi connectivity index (χ4v) is 5.23. The van der Waals surface area contributed by atoms with E-state index < -0.39 is 36.2 Å². The first-order chi connectivity index (χ1) is 19.6. The summed E-state index contributed by atoms with van der Waals surface area (Å²) in [6.07, 6.45) is 2.80. The molecule has 5 N–H and O–H groups in total. The van der Waals surface area contributed by atoms with Crippen LogP contribution >= 0.6 is 0 Å². The second-order valence-electron chi connectivity index (χ2n) is 9.73. The van der Waals surface area contributed by atoms with Gasteiger partial charge in [0.2, 0.25) is 0 Å². The van der Waals surface area contributed by atoms with Crippen LogP contribution in [-0.4, -0.2) is 52.5 Å². The van der Waals surface area contributed by atoms with E-state index >= 15 is 0 Å². The van der Waals surface area contributed by atoms with Gasteiger partial charge in [0, 0.05) is 37.0 Å². The van der Waals surface area contributed by atoms with Crippen LogP contribution in [0.1, 0.15) is 41.3 Å². The molecule has 5 rings (SSSR count). The largest absolute Gasteiger partial charge is 0.443 e. The summed E-state index contributed by atoms with van der Waals surface area (Å²) in [5.41, 5.74) is 15.2. The third-order valence-electron chi connectivity index (χ3n) is 7.30.